The molecule has 3 aliphatic heterocycles. The minimum absolute atomic E-state index is 0.00102. The standard InChI is InChI=1S/C26H33Cl2N5O5S/c27-22-4-3-21(18-23(22)28)38-20-7-12-31(13-8-20)19-5-10-33(11-6-19)26(34)30-39(35,36)24-2-1-9-29-25(24)32-14-16-37-17-15-32/h1-4,9,18-20H,5-8,10-17H2,(H,30,34). The third kappa shape index (κ3) is 6.89. The van der Waals surface area contributed by atoms with Gasteiger partial charge in [-0.3, -0.25) is 4.90 Å². The Morgan fingerprint density at radius 2 is 1.69 bits per heavy atom. The molecular weight excluding hydrogens is 565 g/mol. The summed E-state index contributed by atoms with van der Waals surface area (Å²) >= 11 is 12.1. The van der Waals surface area contributed by atoms with Crippen molar-refractivity contribution in [2.45, 2.75) is 42.7 Å². The highest BCUT2D eigenvalue weighted by molar-refractivity contribution is 7.90. The van der Waals surface area contributed by atoms with E-state index >= 15 is 0 Å². The normalized spacial score (nSPS) is 20.2. The number of likely N-dealkylation sites (tertiary alicyclic amines) is 2. The lowest BCUT2D eigenvalue weighted by Gasteiger charge is -2.41. The molecule has 0 atom stereocenters. The predicted molar refractivity (Wildman–Crippen MR) is 149 cm³/mol. The molecule has 212 valence electrons. The summed E-state index contributed by atoms with van der Waals surface area (Å²) in [7, 11) is -4.09. The Morgan fingerprint density at radius 1 is 0.974 bits per heavy atom. The quantitative estimate of drug-likeness (QED) is 0.538. The first-order valence-electron chi connectivity index (χ1n) is 13.3. The number of nitrogens with one attached hydrogen (secondary N) is 1. The van der Waals surface area contributed by atoms with Gasteiger partial charge in [0.15, 0.2) is 0 Å². The number of ether oxygens (including phenoxy) is 2. The monoisotopic (exact) mass is 597 g/mol. The second-order valence-corrected chi connectivity index (χ2v) is 12.4. The van der Waals surface area contributed by atoms with Crippen molar-refractivity contribution in [2.24, 2.45) is 0 Å². The molecule has 0 unspecified atom stereocenters. The second-order valence-electron chi connectivity index (χ2n) is 9.98. The first-order valence-corrected chi connectivity index (χ1v) is 15.5. The number of anilines is 1. The average molecular weight is 599 g/mol. The minimum Gasteiger partial charge on any atom is -0.490 e. The highest BCUT2D eigenvalue weighted by Crippen LogP contribution is 2.29. The number of carbonyl (C=O) groups excluding carboxylic acids is 1. The number of amides is 2. The topological polar surface area (TPSA) is 104 Å². The van der Waals surface area contributed by atoms with Crippen molar-refractivity contribution in [3.05, 3.63) is 46.6 Å². The van der Waals surface area contributed by atoms with Gasteiger partial charge in [-0.25, -0.2) is 22.9 Å². The molecule has 1 aromatic heterocycles. The van der Waals surface area contributed by atoms with Crippen LogP contribution >= 0.6 is 23.2 Å². The molecule has 1 aromatic carbocycles. The number of hydrogen-bond acceptors (Lipinski definition) is 8. The lowest BCUT2D eigenvalue weighted by molar-refractivity contribution is 0.0540. The van der Waals surface area contributed by atoms with Gasteiger partial charge in [0.05, 0.1) is 23.3 Å². The first kappa shape index (κ1) is 28.2. The van der Waals surface area contributed by atoms with Crippen LogP contribution in [0.2, 0.25) is 10.0 Å². The number of urea groups is 1. The molecule has 4 heterocycles. The fraction of sp³-hybridized carbons (Fsp3) is 0.538. The number of carbonyl (C=O) groups is 1. The molecule has 13 heteroatoms. The summed E-state index contributed by atoms with van der Waals surface area (Å²) < 4.78 is 40.1. The highest BCUT2D eigenvalue weighted by Gasteiger charge is 2.32. The van der Waals surface area contributed by atoms with Gasteiger partial charge in [0, 0.05) is 57.6 Å². The van der Waals surface area contributed by atoms with Crippen molar-refractivity contribution in [1.29, 1.82) is 0 Å². The van der Waals surface area contributed by atoms with Crippen molar-refractivity contribution < 1.29 is 22.7 Å². The number of nitrogens with zero attached hydrogens (tertiary/aromatic N) is 4. The van der Waals surface area contributed by atoms with Crippen LogP contribution in [0, 0.1) is 0 Å². The van der Waals surface area contributed by atoms with E-state index in [0.717, 1.165) is 44.5 Å². The van der Waals surface area contributed by atoms with E-state index in [1.807, 2.05) is 11.0 Å². The number of halogens is 2. The van der Waals surface area contributed by atoms with Gasteiger partial charge in [-0.2, -0.15) is 0 Å². The molecule has 2 aromatic rings. The van der Waals surface area contributed by atoms with E-state index in [-0.39, 0.29) is 11.0 Å². The van der Waals surface area contributed by atoms with Gasteiger partial charge in [-0.1, -0.05) is 23.2 Å². The summed E-state index contributed by atoms with van der Waals surface area (Å²) in [5, 5.41) is 0.986. The van der Waals surface area contributed by atoms with E-state index in [0.29, 0.717) is 61.3 Å². The molecule has 0 saturated carbocycles. The summed E-state index contributed by atoms with van der Waals surface area (Å²) in [5.41, 5.74) is 0. The fourth-order valence-corrected chi connectivity index (χ4v) is 6.81. The van der Waals surface area contributed by atoms with Crippen LogP contribution in [0.15, 0.2) is 41.4 Å². The summed E-state index contributed by atoms with van der Waals surface area (Å²) in [6, 6.07) is 8.11. The van der Waals surface area contributed by atoms with E-state index < -0.39 is 16.1 Å². The van der Waals surface area contributed by atoms with Crippen LogP contribution in [0.5, 0.6) is 5.75 Å². The van der Waals surface area contributed by atoms with E-state index in [1.54, 1.807) is 29.3 Å². The van der Waals surface area contributed by atoms with E-state index in [4.69, 9.17) is 32.7 Å². The molecule has 3 saturated heterocycles. The van der Waals surface area contributed by atoms with Crippen molar-refractivity contribution in [3.8, 4) is 5.75 Å². The SMILES string of the molecule is O=C(NS(=O)(=O)c1cccnc1N1CCOCC1)N1CCC(N2CCC(Oc3ccc(Cl)c(Cl)c3)CC2)CC1. The van der Waals surface area contributed by atoms with Gasteiger partial charge < -0.3 is 19.3 Å². The first-order chi connectivity index (χ1) is 18.8. The van der Waals surface area contributed by atoms with E-state index in [2.05, 4.69) is 14.6 Å². The molecule has 0 bridgehead atoms. The van der Waals surface area contributed by atoms with Gasteiger partial charge in [-0.15, -0.1) is 0 Å². The largest absolute Gasteiger partial charge is 0.490 e. The van der Waals surface area contributed by atoms with Crippen LogP contribution in [0.1, 0.15) is 25.7 Å². The fourth-order valence-electron chi connectivity index (χ4n) is 5.37. The second kappa shape index (κ2) is 12.5. The number of morpholine rings is 1. The van der Waals surface area contributed by atoms with Gasteiger partial charge in [0.25, 0.3) is 10.0 Å². The number of benzene rings is 1. The van der Waals surface area contributed by atoms with Crippen LogP contribution in [0.4, 0.5) is 10.6 Å². The minimum atomic E-state index is -4.09. The van der Waals surface area contributed by atoms with Gasteiger partial charge in [0.2, 0.25) is 0 Å². The van der Waals surface area contributed by atoms with Crippen molar-refractivity contribution >= 4 is 45.1 Å². The molecule has 0 spiro atoms. The highest BCUT2D eigenvalue weighted by atomic mass is 35.5. The van der Waals surface area contributed by atoms with Crippen molar-refractivity contribution in [3.63, 3.8) is 0 Å². The van der Waals surface area contributed by atoms with Crippen molar-refractivity contribution in [2.75, 3.05) is 57.4 Å². The number of pyridine rings is 1. The molecule has 39 heavy (non-hydrogen) atoms. The Kier molecular flexibility index (Phi) is 9.02. The lowest BCUT2D eigenvalue weighted by atomic mass is 9.99. The van der Waals surface area contributed by atoms with Crippen molar-refractivity contribution in [1.82, 2.24) is 19.5 Å². The molecule has 0 aliphatic carbocycles. The zero-order chi connectivity index (χ0) is 27.4. The Labute approximate surface area is 239 Å². The summed E-state index contributed by atoms with van der Waals surface area (Å²) in [6.07, 6.45) is 5.05. The predicted octanol–water partition coefficient (Wildman–Crippen LogP) is 3.63. The molecule has 5 rings (SSSR count). The molecule has 3 fully saturated rings. The van der Waals surface area contributed by atoms with Crippen LogP contribution in [-0.2, 0) is 14.8 Å². The van der Waals surface area contributed by atoms with E-state index in [1.165, 1.54) is 6.07 Å². The Balaban J connectivity index is 1.10. The Hall–Kier alpha value is -2.31. The number of rotatable bonds is 6. The summed E-state index contributed by atoms with van der Waals surface area (Å²) in [5.74, 6) is 1.06. The van der Waals surface area contributed by atoms with Gasteiger partial charge in [0.1, 0.15) is 22.6 Å². The third-order valence-corrected chi connectivity index (χ3v) is 9.59. The average Bonchev–Trinajstić information content (AvgIpc) is 2.96. The molecule has 1 N–H and O–H groups in total. The van der Waals surface area contributed by atoms with E-state index in [9.17, 15) is 13.2 Å². The van der Waals surface area contributed by atoms with Crippen LogP contribution in [0.3, 0.4) is 0 Å². The summed E-state index contributed by atoms with van der Waals surface area (Å²) in [6.45, 7) is 4.88. The Bertz CT molecular complexity index is 1260. The van der Waals surface area contributed by atoms with Gasteiger partial charge >= 0.3 is 6.03 Å². The molecule has 10 nitrogen and oxygen atoms in total. The number of hydrogen-bond donors (Lipinski definition) is 1. The van der Waals surface area contributed by atoms with Crippen LogP contribution in [-0.4, -0.2) is 93.9 Å². The third-order valence-electron chi connectivity index (χ3n) is 7.51. The molecule has 2 amide bonds. The maximum absolute atomic E-state index is 13.2. The Morgan fingerprint density at radius 3 is 2.38 bits per heavy atom. The lowest BCUT2D eigenvalue weighted by Crippen LogP contribution is -2.52. The molecular formula is C26H33Cl2N5O5S. The van der Waals surface area contributed by atoms with Crippen LogP contribution in [0.25, 0.3) is 0 Å². The number of aromatic nitrogens is 1. The molecule has 3 aliphatic rings. The number of piperidine rings is 2. The summed E-state index contributed by atoms with van der Waals surface area (Å²) in [4.78, 5) is 23.1. The smallest absolute Gasteiger partial charge is 0.331 e. The molecule has 0 radical (unpaired) electrons. The number of sulfonamides is 1. The maximum Gasteiger partial charge on any atom is 0.331 e. The zero-order valence-electron chi connectivity index (χ0n) is 21.6. The zero-order valence-corrected chi connectivity index (χ0v) is 23.9. The van der Waals surface area contributed by atoms with Crippen LogP contribution < -0.4 is 14.4 Å². The maximum atomic E-state index is 13.2. The van der Waals surface area contributed by atoms with Gasteiger partial charge in [-0.05, 0) is 49.9 Å².